The topological polar surface area (TPSA) is 20.2 Å². The van der Waals surface area contributed by atoms with Crippen molar-refractivity contribution in [2.45, 2.75) is 5.38 Å². The Morgan fingerprint density at radius 3 is 2.38 bits per heavy atom. The Kier molecular flexibility index (Phi) is 4.77. The molecule has 0 aromatic heterocycles. The monoisotopic (exact) mass is 174 g/mol. The molecule has 0 bridgehead atoms. The summed E-state index contributed by atoms with van der Waals surface area (Å²) in [6.45, 7) is -0.191. The third-order valence-corrected chi connectivity index (χ3v) is 1.77. The van der Waals surface area contributed by atoms with E-state index in [1.54, 1.807) is 0 Å². The quantitative estimate of drug-likeness (QED) is 0.636. The molecule has 0 aliphatic heterocycles. The highest BCUT2D eigenvalue weighted by molar-refractivity contribution is 6.41. The summed E-state index contributed by atoms with van der Waals surface area (Å²) in [4.78, 5) is 0. The third-order valence-electron chi connectivity index (χ3n) is 0.564. The van der Waals surface area contributed by atoms with Crippen LogP contribution in [0.15, 0.2) is 10.6 Å². The number of hydrogen-bond donors (Lipinski definition) is 1. The second kappa shape index (κ2) is 4.45. The van der Waals surface area contributed by atoms with Crippen LogP contribution >= 0.6 is 34.8 Å². The van der Waals surface area contributed by atoms with Crippen molar-refractivity contribution in [1.82, 2.24) is 0 Å². The Morgan fingerprint density at radius 1 is 1.75 bits per heavy atom. The minimum Gasteiger partial charge on any atom is -0.394 e. The van der Waals surface area contributed by atoms with Gasteiger partial charge in [0, 0.05) is 10.6 Å². The van der Waals surface area contributed by atoms with Crippen LogP contribution in [0.2, 0.25) is 0 Å². The maximum Gasteiger partial charge on any atom is 0.0931 e. The first kappa shape index (κ1) is 8.57. The lowest BCUT2D eigenvalue weighted by Crippen LogP contribution is -2.03. The van der Waals surface area contributed by atoms with Crippen molar-refractivity contribution < 1.29 is 5.11 Å². The summed E-state index contributed by atoms with van der Waals surface area (Å²) >= 11 is 15.9. The van der Waals surface area contributed by atoms with Crippen LogP contribution in [0.25, 0.3) is 0 Å². The van der Waals surface area contributed by atoms with E-state index in [1.807, 2.05) is 0 Å². The molecule has 0 aromatic rings. The SMILES string of the molecule is OCC(Cl)C(Cl)=CCl. The average molecular weight is 175 g/mol. The van der Waals surface area contributed by atoms with E-state index in [4.69, 9.17) is 39.9 Å². The normalized spacial score (nSPS) is 16.2. The molecule has 0 spiro atoms. The first-order valence-electron chi connectivity index (χ1n) is 1.93. The van der Waals surface area contributed by atoms with Gasteiger partial charge >= 0.3 is 0 Å². The minimum absolute atomic E-state index is 0.191. The molecule has 0 fully saturated rings. The second-order valence-electron chi connectivity index (χ2n) is 1.14. The molecule has 0 saturated carbocycles. The molecule has 0 rings (SSSR count). The zero-order chi connectivity index (χ0) is 6.57. The molecule has 0 aliphatic carbocycles. The van der Waals surface area contributed by atoms with E-state index in [0.29, 0.717) is 0 Å². The minimum atomic E-state index is -0.561. The van der Waals surface area contributed by atoms with E-state index < -0.39 is 5.38 Å². The molecule has 0 amide bonds. The van der Waals surface area contributed by atoms with Crippen LogP contribution in [0.4, 0.5) is 0 Å². The zero-order valence-corrected chi connectivity index (χ0v) is 6.21. The maximum atomic E-state index is 8.32. The summed E-state index contributed by atoms with van der Waals surface area (Å²) < 4.78 is 0. The Morgan fingerprint density at radius 2 is 2.25 bits per heavy atom. The van der Waals surface area contributed by atoms with Crippen molar-refractivity contribution in [3.8, 4) is 0 Å². The molecular formula is C4H5Cl3O. The Bertz CT molecular complexity index is 91.3. The van der Waals surface area contributed by atoms with Crippen molar-refractivity contribution in [1.29, 1.82) is 0 Å². The molecule has 1 atom stereocenters. The van der Waals surface area contributed by atoms with Crippen molar-refractivity contribution in [2.75, 3.05) is 6.61 Å². The number of rotatable bonds is 2. The summed E-state index contributed by atoms with van der Waals surface area (Å²) in [6.07, 6.45) is 0. The average Bonchev–Trinajstić information content (AvgIpc) is 1.84. The van der Waals surface area contributed by atoms with Gasteiger partial charge < -0.3 is 5.11 Å². The maximum absolute atomic E-state index is 8.32. The number of aliphatic hydroxyl groups excluding tert-OH is 1. The predicted octanol–water partition coefficient (Wildman–Crippen LogP) is 1.91. The van der Waals surface area contributed by atoms with Gasteiger partial charge in [0.25, 0.3) is 0 Å². The van der Waals surface area contributed by atoms with Gasteiger partial charge in [-0.1, -0.05) is 23.2 Å². The molecule has 1 unspecified atom stereocenters. The molecule has 48 valence electrons. The van der Waals surface area contributed by atoms with Gasteiger partial charge in [0.15, 0.2) is 0 Å². The van der Waals surface area contributed by atoms with Gasteiger partial charge in [0.2, 0.25) is 0 Å². The first-order valence-corrected chi connectivity index (χ1v) is 3.18. The van der Waals surface area contributed by atoms with Crippen molar-refractivity contribution >= 4 is 34.8 Å². The molecular weight excluding hydrogens is 170 g/mol. The molecule has 0 aromatic carbocycles. The lowest BCUT2D eigenvalue weighted by atomic mass is 10.4. The summed E-state index contributed by atoms with van der Waals surface area (Å²) in [5.41, 5.74) is 1.13. The lowest BCUT2D eigenvalue weighted by Gasteiger charge is -1.99. The van der Waals surface area contributed by atoms with Gasteiger partial charge in [-0.25, -0.2) is 0 Å². The highest BCUT2D eigenvalue weighted by Gasteiger charge is 2.04. The van der Waals surface area contributed by atoms with Crippen molar-refractivity contribution in [2.24, 2.45) is 0 Å². The van der Waals surface area contributed by atoms with Crippen molar-refractivity contribution in [3.63, 3.8) is 0 Å². The number of halogens is 3. The fourth-order valence-corrected chi connectivity index (χ4v) is 0.504. The fourth-order valence-electron chi connectivity index (χ4n) is 0.156. The van der Waals surface area contributed by atoms with Crippen LogP contribution in [0.5, 0.6) is 0 Å². The molecule has 0 saturated heterocycles. The van der Waals surface area contributed by atoms with E-state index in [0.717, 1.165) is 5.54 Å². The largest absolute Gasteiger partial charge is 0.394 e. The second-order valence-corrected chi connectivity index (χ2v) is 2.33. The van der Waals surface area contributed by atoms with Gasteiger partial charge in [-0.05, 0) is 0 Å². The first-order chi connectivity index (χ1) is 3.72. The van der Waals surface area contributed by atoms with Gasteiger partial charge in [-0.3, -0.25) is 0 Å². The number of aliphatic hydroxyl groups is 1. The summed E-state index contributed by atoms with van der Waals surface area (Å²) in [7, 11) is 0. The van der Waals surface area contributed by atoms with Crippen LogP contribution in [0.3, 0.4) is 0 Å². The number of hydrogen-bond acceptors (Lipinski definition) is 1. The Hall–Kier alpha value is 0.570. The van der Waals surface area contributed by atoms with Crippen LogP contribution in [0.1, 0.15) is 0 Å². The predicted molar refractivity (Wildman–Crippen MR) is 36.5 cm³/mol. The van der Waals surface area contributed by atoms with Crippen LogP contribution in [-0.4, -0.2) is 17.1 Å². The zero-order valence-electron chi connectivity index (χ0n) is 3.94. The number of alkyl halides is 1. The smallest absolute Gasteiger partial charge is 0.0931 e. The summed E-state index contributed by atoms with van der Waals surface area (Å²) in [5.74, 6) is 0. The van der Waals surface area contributed by atoms with E-state index in [2.05, 4.69) is 0 Å². The fraction of sp³-hybridized carbons (Fsp3) is 0.500. The van der Waals surface area contributed by atoms with Gasteiger partial charge in [-0.2, -0.15) is 0 Å². The van der Waals surface area contributed by atoms with Crippen LogP contribution < -0.4 is 0 Å². The molecule has 1 N–H and O–H groups in total. The molecule has 0 heterocycles. The Balaban J connectivity index is 3.63. The molecule has 1 nitrogen and oxygen atoms in total. The molecule has 0 radical (unpaired) electrons. The molecule has 0 aliphatic rings. The summed E-state index contributed by atoms with van der Waals surface area (Å²) in [5, 5.41) is 8.02. The third kappa shape index (κ3) is 2.78. The lowest BCUT2D eigenvalue weighted by molar-refractivity contribution is 0.304. The van der Waals surface area contributed by atoms with E-state index in [-0.39, 0.29) is 11.6 Å². The van der Waals surface area contributed by atoms with E-state index >= 15 is 0 Å². The van der Waals surface area contributed by atoms with Crippen molar-refractivity contribution in [3.05, 3.63) is 10.6 Å². The Labute approximate surface area is 62.8 Å². The molecule has 8 heavy (non-hydrogen) atoms. The van der Waals surface area contributed by atoms with Gasteiger partial charge in [0.1, 0.15) is 0 Å². The highest BCUT2D eigenvalue weighted by atomic mass is 35.5. The van der Waals surface area contributed by atoms with Crippen LogP contribution in [-0.2, 0) is 0 Å². The summed E-state index contributed by atoms with van der Waals surface area (Å²) in [6, 6.07) is 0. The standard InChI is InChI=1S/C4H5Cl3O/c5-1-3(6)4(7)2-8/h1,4,8H,2H2. The van der Waals surface area contributed by atoms with E-state index in [1.165, 1.54) is 0 Å². The molecule has 4 heteroatoms. The van der Waals surface area contributed by atoms with Gasteiger partial charge in [-0.15, -0.1) is 11.6 Å². The highest BCUT2D eigenvalue weighted by Crippen LogP contribution is 2.13. The van der Waals surface area contributed by atoms with Gasteiger partial charge in [0.05, 0.1) is 12.0 Å². The van der Waals surface area contributed by atoms with E-state index in [9.17, 15) is 0 Å². The van der Waals surface area contributed by atoms with Crippen LogP contribution in [0, 0.1) is 0 Å².